The summed E-state index contributed by atoms with van der Waals surface area (Å²) in [4.78, 5) is -0.565. The molecule has 0 aromatic heterocycles. The monoisotopic (exact) mass is 373 g/mol. The van der Waals surface area contributed by atoms with Crippen molar-refractivity contribution in [3.63, 3.8) is 0 Å². The molecular formula is C16H17F2NO5S. The Balaban J connectivity index is 2.14. The van der Waals surface area contributed by atoms with E-state index in [9.17, 15) is 22.3 Å². The Hall–Kier alpha value is -2.23. The van der Waals surface area contributed by atoms with Crippen LogP contribution in [0.3, 0.4) is 0 Å². The van der Waals surface area contributed by atoms with Crippen molar-refractivity contribution in [1.82, 2.24) is 4.72 Å². The zero-order valence-electron chi connectivity index (χ0n) is 13.5. The molecule has 0 heterocycles. The van der Waals surface area contributed by atoms with E-state index in [4.69, 9.17) is 9.47 Å². The normalized spacial score (nSPS) is 12.7. The van der Waals surface area contributed by atoms with Gasteiger partial charge in [0.1, 0.15) is 11.6 Å². The van der Waals surface area contributed by atoms with Crippen molar-refractivity contribution in [3.8, 4) is 11.5 Å². The van der Waals surface area contributed by atoms with Gasteiger partial charge >= 0.3 is 0 Å². The highest BCUT2D eigenvalue weighted by Crippen LogP contribution is 2.29. The lowest BCUT2D eigenvalue weighted by molar-refractivity contribution is 0.181. The highest BCUT2D eigenvalue weighted by Gasteiger charge is 2.19. The summed E-state index contributed by atoms with van der Waals surface area (Å²) in [6, 6.07) is 6.55. The number of hydrogen-bond acceptors (Lipinski definition) is 5. The van der Waals surface area contributed by atoms with Crippen molar-refractivity contribution >= 4 is 10.0 Å². The van der Waals surface area contributed by atoms with Crippen LogP contribution in [0.1, 0.15) is 11.7 Å². The van der Waals surface area contributed by atoms with Crippen molar-refractivity contribution in [3.05, 3.63) is 53.6 Å². The standard InChI is InChI=1S/C16H17F2NO5S/c1-23-15-4-3-10(5-16(15)24-2)14(20)9-19-25(21,22)13-7-11(17)6-12(18)8-13/h3-8,14,19-20H,9H2,1-2H3. The molecule has 0 saturated heterocycles. The van der Waals surface area contributed by atoms with Crippen LogP contribution < -0.4 is 14.2 Å². The molecule has 0 saturated carbocycles. The number of methoxy groups -OCH3 is 2. The smallest absolute Gasteiger partial charge is 0.240 e. The number of benzene rings is 2. The van der Waals surface area contributed by atoms with Gasteiger partial charge in [-0.1, -0.05) is 6.07 Å². The van der Waals surface area contributed by atoms with Gasteiger partial charge in [0.05, 0.1) is 25.2 Å². The third kappa shape index (κ3) is 4.65. The minimum atomic E-state index is -4.18. The van der Waals surface area contributed by atoms with Crippen LogP contribution in [0, 0.1) is 11.6 Å². The van der Waals surface area contributed by atoms with E-state index in [-0.39, 0.29) is 0 Å². The van der Waals surface area contributed by atoms with Crippen LogP contribution in [0.15, 0.2) is 41.3 Å². The Labute approximate surface area is 144 Å². The molecule has 6 nitrogen and oxygen atoms in total. The highest BCUT2D eigenvalue weighted by atomic mass is 32.2. The number of aliphatic hydroxyl groups is 1. The van der Waals surface area contributed by atoms with Gasteiger partial charge in [-0.15, -0.1) is 0 Å². The van der Waals surface area contributed by atoms with Gasteiger partial charge < -0.3 is 14.6 Å². The zero-order chi connectivity index (χ0) is 18.6. The molecule has 2 aromatic rings. The average Bonchev–Trinajstić information content (AvgIpc) is 2.58. The predicted octanol–water partition coefficient (Wildman–Crippen LogP) is 1.99. The fourth-order valence-corrected chi connectivity index (χ4v) is 3.21. The van der Waals surface area contributed by atoms with Gasteiger partial charge in [-0.2, -0.15) is 0 Å². The van der Waals surface area contributed by atoms with Gasteiger partial charge in [0.25, 0.3) is 0 Å². The number of rotatable bonds is 7. The van der Waals surface area contributed by atoms with Gasteiger partial charge in [0, 0.05) is 12.6 Å². The van der Waals surface area contributed by atoms with E-state index >= 15 is 0 Å². The van der Waals surface area contributed by atoms with E-state index in [0.717, 1.165) is 0 Å². The minimum absolute atomic E-state index is 0.370. The summed E-state index contributed by atoms with van der Waals surface area (Å²) in [7, 11) is -1.30. The van der Waals surface area contributed by atoms with Crippen LogP contribution in [-0.2, 0) is 10.0 Å². The van der Waals surface area contributed by atoms with Gasteiger partial charge in [-0.05, 0) is 29.8 Å². The molecular weight excluding hydrogens is 356 g/mol. The molecule has 9 heteroatoms. The molecule has 0 radical (unpaired) electrons. The molecule has 0 aliphatic rings. The summed E-state index contributed by atoms with van der Waals surface area (Å²) in [6.07, 6.45) is -1.20. The van der Waals surface area contributed by atoms with Crippen molar-refractivity contribution in [1.29, 1.82) is 0 Å². The summed E-state index contributed by atoms with van der Waals surface area (Å²) in [6.45, 7) is -0.393. The van der Waals surface area contributed by atoms with Crippen LogP contribution in [-0.4, -0.2) is 34.3 Å². The summed E-state index contributed by atoms with van der Waals surface area (Å²) >= 11 is 0. The molecule has 1 unspecified atom stereocenters. The van der Waals surface area contributed by atoms with Crippen molar-refractivity contribution in [2.24, 2.45) is 0 Å². The van der Waals surface area contributed by atoms with E-state index < -0.39 is 39.2 Å². The first-order chi connectivity index (χ1) is 11.8. The molecule has 2 rings (SSSR count). The molecule has 0 aliphatic heterocycles. The van der Waals surface area contributed by atoms with Gasteiger partial charge in [0.15, 0.2) is 11.5 Å². The Kier molecular flexibility index (Phi) is 5.93. The largest absolute Gasteiger partial charge is 0.493 e. The average molecular weight is 373 g/mol. The molecule has 2 aromatic carbocycles. The third-order valence-electron chi connectivity index (χ3n) is 3.41. The van der Waals surface area contributed by atoms with E-state index in [2.05, 4.69) is 4.72 Å². The molecule has 0 spiro atoms. The number of ether oxygens (including phenoxy) is 2. The van der Waals surface area contributed by atoms with E-state index in [1.807, 2.05) is 0 Å². The molecule has 2 N–H and O–H groups in total. The lowest BCUT2D eigenvalue weighted by atomic mass is 10.1. The van der Waals surface area contributed by atoms with Crippen molar-refractivity contribution in [2.45, 2.75) is 11.0 Å². The quantitative estimate of drug-likeness (QED) is 0.775. The molecule has 0 bridgehead atoms. The molecule has 25 heavy (non-hydrogen) atoms. The summed E-state index contributed by atoms with van der Waals surface area (Å²) in [5.74, 6) is -1.20. The molecule has 0 fully saturated rings. The van der Waals surface area contributed by atoms with Gasteiger partial charge in [-0.25, -0.2) is 21.9 Å². The SMILES string of the molecule is COc1ccc(C(O)CNS(=O)(=O)c2cc(F)cc(F)c2)cc1OC. The predicted molar refractivity (Wildman–Crippen MR) is 86.1 cm³/mol. The maximum Gasteiger partial charge on any atom is 0.240 e. The maximum atomic E-state index is 13.2. The third-order valence-corrected chi connectivity index (χ3v) is 4.81. The molecule has 136 valence electrons. The summed E-state index contributed by atoms with van der Waals surface area (Å²) in [5.41, 5.74) is 0.380. The highest BCUT2D eigenvalue weighted by molar-refractivity contribution is 7.89. The van der Waals surface area contributed by atoms with Crippen LogP contribution in [0.2, 0.25) is 0 Å². The van der Waals surface area contributed by atoms with Crippen LogP contribution in [0.5, 0.6) is 11.5 Å². The number of aliphatic hydroxyl groups excluding tert-OH is 1. The Morgan fingerprint density at radius 1 is 1.04 bits per heavy atom. The van der Waals surface area contributed by atoms with E-state index in [1.54, 1.807) is 12.1 Å². The Bertz CT molecular complexity index is 837. The second-order valence-electron chi connectivity index (χ2n) is 5.09. The zero-order valence-corrected chi connectivity index (χ0v) is 14.3. The number of halogens is 2. The topological polar surface area (TPSA) is 84.9 Å². The molecule has 0 amide bonds. The van der Waals surface area contributed by atoms with Crippen LogP contribution >= 0.6 is 0 Å². The second kappa shape index (κ2) is 7.77. The van der Waals surface area contributed by atoms with Crippen molar-refractivity contribution in [2.75, 3.05) is 20.8 Å². The fraction of sp³-hybridized carbons (Fsp3) is 0.250. The van der Waals surface area contributed by atoms with Crippen LogP contribution in [0.25, 0.3) is 0 Å². The summed E-state index contributed by atoms with van der Waals surface area (Å²) in [5, 5.41) is 10.2. The van der Waals surface area contributed by atoms with Gasteiger partial charge in [0.2, 0.25) is 10.0 Å². The lowest BCUT2D eigenvalue weighted by Crippen LogP contribution is -2.28. The van der Waals surface area contributed by atoms with E-state index in [0.29, 0.717) is 35.3 Å². The first-order valence-corrected chi connectivity index (χ1v) is 8.61. The minimum Gasteiger partial charge on any atom is -0.493 e. The Morgan fingerprint density at radius 3 is 2.20 bits per heavy atom. The van der Waals surface area contributed by atoms with Crippen molar-refractivity contribution < 1.29 is 31.8 Å². The van der Waals surface area contributed by atoms with Crippen LogP contribution in [0.4, 0.5) is 8.78 Å². The summed E-state index contributed by atoms with van der Waals surface area (Å²) < 4.78 is 62.8. The lowest BCUT2D eigenvalue weighted by Gasteiger charge is -2.15. The first-order valence-electron chi connectivity index (χ1n) is 7.12. The first kappa shape index (κ1) is 19.1. The number of hydrogen-bond donors (Lipinski definition) is 2. The second-order valence-corrected chi connectivity index (χ2v) is 6.85. The number of sulfonamides is 1. The fourth-order valence-electron chi connectivity index (χ4n) is 2.13. The molecule has 1 atom stereocenters. The maximum absolute atomic E-state index is 13.2. The molecule has 0 aliphatic carbocycles. The Morgan fingerprint density at radius 2 is 1.64 bits per heavy atom. The number of nitrogens with one attached hydrogen (secondary N) is 1. The van der Waals surface area contributed by atoms with Gasteiger partial charge in [-0.3, -0.25) is 0 Å². The van der Waals surface area contributed by atoms with E-state index in [1.165, 1.54) is 20.3 Å².